The van der Waals surface area contributed by atoms with Crippen molar-refractivity contribution in [1.29, 1.82) is 0 Å². The fourth-order valence-electron chi connectivity index (χ4n) is 1.69. The third-order valence-electron chi connectivity index (χ3n) is 2.98. The summed E-state index contributed by atoms with van der Waals surface area (Å²) >= 11 is 0. The molecule has 100 valence electrons. The number of aromatic nitrogens is 2. The second kappa shape index (κ2) is 6.24. The Morgan fingerprint density at radius 2 is 2.05 bits per heavy atom. The Balaban J connectivity index is 1.93. The second-order valence-electron chi connectivity index (χ2n) is 4.36. The molecule has 0 bridgehead atoms. The molecule has 1 heterocycles. The molecule has 0 aliphatic heterocycles. The molecule has 0 aliphatic rings. The van der Waals surface area contributed by atoms with Crippen LogP contribution in [0.25, 0.3) is 11.0 Å². The maximum Gasteiger partial charge on any atom is 0.236 e. The summed E-state index contributed by atoms with van der Waals surface area (Å²) in [5.41, 5.74) is 2.59. The standard InChI is InChI=1S/C14H18N4O/c1-3-18(2)14(19)10-15-8-11-9-16-12-6-4-5-7-13(12)17-11/h4-7,9,15H,3,8,10H2,1-2H3. The van der Waals surface area contributed by atoms with Gasteiger partial charge in [-0.25, -0.2) is 4.98 Å². The van der Waals surface area contributed by atoms with Crippen LogP contribution < -0.4 is 5.32 Å². The van der Waals surface area contributed by atoms with Crippen LogP contribution in [0.4, 0.5) is 0 Å². The molecule has 0 fully saturated rings. The zero-order valence-corrected chi connectivity index (χ0v) is 11.3. The Hall–Kier alpha value is -2.01. The average Bonchev–Trinajstić information content (AvgIpc) is 2.46. The molecule has 1 N–H and O–H groups in total. The van der Waals surface area contributed by atoms with Gasteiger partial charge in [0.25, 0.3) is 0 Å². The molecular formula is C14H18N4O. The molecule has 0 radical (unpaired) electrons. The zero-order chi connectivity index (χ0) is 13.7. The van der Waals surface area contributed by atoms with E-state index in [1.165, 1.54) is 0 Å². The Kier molecular flexibility index (Phi) is 4.41. The molecule has 2 aromatic rings. The molecule has 2 rings (SSSR count). The average molecular weight is 258 g/mol. The number of carbonyl (C=O) groups is 1. The molecule has 1 aromatic carbocycles. The Morgan fingerprint density at radius 3 is 2.79 bits per heavy atom. The quantitative estimate of drug-likeness (QED) is 0.875. The van der Waals surface area contributed by atoms with Crippen molar-refractivity contribution in [2.45, 2.75) is 13.5 Å². The Morgan fingerprint density at radius 1 is 1.32 bits per heavy atom. The number of fused-ring (bicyclic) bond motifs is 1. The summed E-state index contributed by atoms with van der Waals surface area (Å²) in [6.45, 7) is 3.53. The van der Waals surface area contributed by atoms with Gasteiger partial charge in [0.1, 0.15) is 0 Å². The highest BCUT2D eigenvalue weighted by Gasteiger charge is 2.06. The first kappa shape index (κ1) is 13.4. The van der Waals surface area contributed by atoms with Gasteiger partial charge in [-0.2, -0.15) is 0 Å². The summed E-state index contributed by atoms with van der Waals surface area (Å²) in [5.74, 6) is 0.0799. The van der Waals surface area contributed by atoms with Gasteiger partial charge in [0.15, 0.2) is 0 Å². The van der Waals surface area contributed by atoms with Crippen LogP contribution >= 0.6 is 0 Å². The molecular weight excluding hydrogens is 240 g/mol. The largest absolute Gasteiger partial charge is 0.345 e. The van der Waals surface area contributed by atoms with Crippen LogP contribution in [-0.2, 0) is 11.3 Å². The number of para-hydroxylation sites is 2. The molecule has 1 amide bonds. The van der Waals surface area contributed by atoms with Crippen LogP contribution in [0.2, 0.25) is 0 Å². The van der Waals surface area contributed by atoms with E-state index in [0.29, 0.717) is 13.1 Å². The minimum atomic E-state index is 0.0799. The van der Waals surface area contributed by atoms with Crippen molar-refractivity contribution >= 4 is 16.9 Å². The third kappa shape index (κ3) is 3.48. The maximum atomic E-state index is 11.6. The topological polar surface area (TPSA) is 58.1 Å². The molecule has 0 atom stereocenters. The van der Waals surface area contributed by atoms with Gasteiger partial charge in [0.05, 0.1) is 29.5 Å². The summed E-state index contributed by atoms with van der Waals surface area (Å²) in [7, 11) is 1.79. The maximum absolute atomic E-state index is 11.6. The van der Waals surface area contributed by atoms with Crippen molar-refractivity contribution in [3.8, 4) is 0 Å². The lowest BCUT2D eigenvalue weighted by atomic mass is 10.3. The van der Waals surface area contributed by atoms with E-state index in [4.69, 9.17) is 0 Å². The van der Waals surface area contributed by atoms with Gasteiger partial charge < -0.3 is 10.2 Å². The van der Waals surface area contributed by atoms with Crippen molar-refractivity contribution in [3.05, 3.63) is 36.2 Å². The van der Waals surface area contributed by atoms with Gasteiger partial charge in [-0.15, -0.1) is 0 Å². The molecule has 0 spiro atoms. The van der Waals surface area contributed by atoms with Crippen molar-refractivity contribution in [3.63, 3.8) is 0 Å². The number of carbonyl (C=O) groups excluding carboxylic acids is 1. The van der Waals surface area contributed by atoms with Crippen LogP contribution in [0.3, 0.4) is 0 Å². The number of nitrogens with zero attached hydrogens (tertiary/aromatic N) is 3. The number of nitrogens with one attached hydrogen (secondary N) is 1. The lowest BCUT2D eigenvalue weighted by Crippen LogP contribution is -2.35. The summed E-state index contributed by atoms with van der Waals surface area (Å²) in [6, 6.07) is 7.74. The fourth-order valence-corrected chi connectivity index (χ4v) is 1.69. The summed E-state index contributed by atoms with van der Waals surface area (Å²) in [6.07, 6.45) is 1.74. The predicted molar refractivity (Wildman–Crippen MR) is 74.6 cm³/mol. The van der Waals surface area contributed by atoms with E-state index in [0.717, 1.165) is 23.3 Å². The van der Waals surface area contributed by atoms with E-state index < -0.39 is 0 Å². The molecule has 0 saturated carbocycles. The molecule has 0 aliphatic carbocycles. The van der Waals surface area contributed by atoms with Gasteiger partial charge in [0, 0.05) is 20.1 Å². The van der Waals surface area contributed by atoms with E-state index in [1.54, 1.807) is 18.1 Å². The Labute approximate surface area is 112 Å². The highest BCUT2D eigenvalue weighted by atomic mass is 16.2. The van der Waals surface area contributed by atoms with Gasteiger partial charge >= 0.3 is 0 Å². The zero-order valence-electron chi connectivity index (χ0n) is 11.3. The third-order valence-corrected chi connectivity index (χ3v) is 2.98. The highest BCUT2D eigenvalue weighted by molar-refractivity contribution is 5.78. The lowest BCUT2D eigenvalue weighted by Gasteiger charge is -2.14. The van der Waals surface area contributed by atoms with Crippen LogP contribution in [0.15, 0.2) is 30.5 Å². The van der Waals surface area contributed by atoms with E-state index in [2.05, 4.69) is 15.3 Å². The molecule has 5 heteroatoms. The fraction of sp³-hybridized carbons (Fsp3) is 0.357. The van der Waals surface area contributed by atoms with Gasteiger partial charge in [-0.3, -0.25) is 9.78 Å². The van der Waals surface area contributed by atoms with Crippen LogP contribution in [0.5, 0.6) is 0 Å². The highest BCUT2D eigenvalue weighted by Crippen LogP contribution is 2.08. The first-order chi connectivity index (χ1) is 9.20. The molecule has 19 heavy (non-hydrogen) atoms. The van der Waals surface area contributed by atoms with Crippen molar-refractivity contribution in [2.24, 2.45) is 0 Å². The van der Waals surface area contributed by atoms with Gasteiger partial charge in [0.2, 0.25) is 5.91 Å². The van der Waals surface area contributed by atoms with Crippen molar-refractivity contribution < 1.29 is 4.79 Å². The number of likely N-dealkylation sites (N-methyl/N-ethyl adjacent to an activating group) is 1. The number of rotatable bonds is 5. The van der Waals surface area contributed by atoms with Gasteiger partial charge in [-0.05, 0) is 19.1 Å². The second-order valence-corrected chi connectivity index (χ2v) is 4.36. The molecule has 0 unspecified atom stereocenters. The minimum Gasteiger partial charge on any atom is -0.345 e. The number of benzene rings is 1. The van der Waals surface area contributed by atoms with Crippen molar-refractivity contribution in [1.82, 2.24) is 20.2 Å². The lowest BCUT2D eigenvalue weighted by molar-refractivity contribution is -0.128. The van der Waals surface area contributed by atoms with E-state index in [-0.39, 0.29) is 5.91 Å². The number of hydrogen-bond acceptors (Lipinski definition) is 4. The molecule has 5 nitrogen and oxygen atoms in total. The normalized spacial score (nSPS) is 10.6. The number of amides is 1. The summed E-state index contributed by atoms with van der Waals surface area (Å²) < 4.78 is 0. The Bertz CT molecular complexity index is 570. The smallest absolute Gasteiger partial charge is 0.236 e. The van der Waals surface area contributed by atoms with Crippen LogP contribution in [0.1, 0.15) is 12.6 Å². The van der Waals surface area contributed by atoms with Gasteiger partial charge in [-0.1, -0.05) is 12.1 Å². The predicted octanol–water partition coefficient (Wildman–Crippen LogP) is 1.20. The molecule has 1 aromatic heterocycles. The first-order valence-electron chi connectivity index (χ1n) is 6.36. The minimum absolute atomic E-state index is 0.0799. The molecule has 0 saturated heterocycles. The van der Waals surface area contributed by atoms with E-state index in [9.17, 15) is 4.79 Å². The van der Waals surface area contributed by atoms with Crippen molar-refractivity contribution in [2.75, 3.05) is 20.1 Å². The van der Waals surface area contributed by atoms with E-state index >= 15 is 0 Å². The van der Waals surface area contributed by atoms with Crippen LogP contribution in [0, 0.1) is 0 Å². The van der Waals surface area contributed by atoms with Crippen LogP contribution in [-0.4, -0.2) is 40.9 Å². The van der Waals surface area contributed by atoms with E-state index in [1.807, 2.05) is 31.2 Å². The first-order valence-corrected chi connectivity index (χ1v) is 6.36. The summed E-state index contributed by atoms with van der Waals surface area (Å²) in [4.78, 5) is 22.1. The monoisotopic (exact) mass is 258 g/mol. The SMILES string of the molecule is CCN(C)C(=O)CNCc1cnc2ccccc2n1. The number of hydrogen-bond donors (Lipinski definition) is 1. The summed E-state index contributed by atoms with van der Waals surface area (Å²) in [5, 5.41) is 3.09.